The van der Waals surface area contributed by atoms with Crippen LogP contribution < -0.4 is 10.5 Å². The van der Waals surface area contributed by atoms with Crippen molar-refractivity contribution in [3.8, 4) is 0 Å². The van der Waals surface area contributed by atoms with Crippen LogP contribution in [0.4, 0.5) is 5.69 Å². The van der Waals surface area contributed by atoms with Crippen LogP contribution in [0.15, 0.2) is 41.3 Å². The van der Waals surface area contributed by atoms with Gasteiger partial charge in [0.05, 0.1) is 11.3 Å². The summed E-state index contributed by atoms with van der Waals surface area (Å²) in [6.45, 7) is 3.58. The lowest BCUT2D eigenvalue weighted by Gasteiger charge is -2.26. The zero-order valence-corrected chi connectivity index (χ0v) is 15.3. The number of H-pyrrole nitrogens is 1. The number of nitrogens with zero attached hydrogens (tertiary/aromatic N) is 3. The van der Waals surface area contributed by atoms with Crippen molar-refractivity contribution in [2.75, 3.05) is 4.90 Å². The second-order valence-corrected chi connectivity index (χ2v) is 6.97. The molecule has 6 nitrogen and oxygen atoms in total. The predicted octanol–water partition coefficient (Wildman–Crippen LogP) is 3.13. The average Bonchev–Trinajstić information content (AvgIpc) is 3.12. The number of hydrogen-bond donors (Lipinski definition) is 1. The Hall–Kier alpha value is -2.86. The number of benzene rings is 1. The van der Waals surface area contributed by atoms with Gasteiger partial charge in [0.15, 0.2) is 0 Å². The van der Waals surface area contributed by atoms with Gasteiger partial charge in [-0.3, -0.25) is 19.6 Å². The molecule has 26 heavy (non-hydrogen) atoms. The molecule has 1 aromatic carbocycles. The van der Waals surface area contributed by atoms with Gasteiger partial charge in [-0.2, -0.15) is 5.10 Å². The lowest BCUT2D eigenvalue weighted by atomic mass is 10.0. The van der Waals surface area contributed by atoms with E-state index in [2.05, 4.69) is 10.2 Å². The highest BCUT2D eigenvalue weighted by atomic mass is 35.5. The van der Waals surface area contributed by atoms with Gasteiger partial charge in [-0.1, -0.05) is 23.7 Å². The molecule has 1 amide bonds. The van der Waals surface area contributed by atoms with Gasteiger partial charge < -0.3 is 4.57 Å². The van der Waals surface area contributed by atoms with E-state index in [0.29, 0.717) is 27.5 Å². The summed E-state index contributed by atoms with van der Waals surface area (Å²) in [5.74, 6) is -0.135. The quantitative estimate of drug-likeness (QED) is 0.755. The molecule has 1 N–H and O–H groups in total. The predicted molar refractivity (Wildman–Crippen MR) is 99.8 cm³/mol. The highest BCUT2D eigenvalue weighted by Crippen LogP contribution is 2.41. The van der Waals surface area contributed by atoms with E-state index in [1.165, 1.54) is 4.57 Å². The highest BCUT2D eigenvalue weighted by molar-refractivity contribution is 6.30. The van der Waals surface area contributed by atoms with E-state index in [1.807, 2.05) is 19.1 Å². The van der Waals surface area contributed by atoms with E-state index in [9.17, 15) is 9.59 Å². The zero-order chi connectivity index (χ0) is 18.6. The fourth-order valence-corrected chi connectivity index (χ4v) is 3.61. The molecule has 0 spiro atoms. The number of pyridine rings is 1. The number of amides is 1. The van der Waals surface area contributed by atoms with Crippen molar-refractivity contribution in [1.29, 1.82) is 0 Å². The molecule has 1 aliphatic rings. The van der Waals surface area contributed by atoms with Crippen molar-refractivity contribution in [3.05, 3.63) is 80.0 Å². The fraction of sp³-hybridized carbons (Fsp3) is 0.211. The largest absolute Gasteiger partial charge is 0.316 e. The van der Waals surface area contributed by atoms with Gasteiger partial charge >= 0.3 is 0 Å². The Morgan fingerprint density at radius 1 is 1.15 bits per heavy atom. The molecule has 0 saturated heterocycles. The number of carbonyl (C=O) groups is 1. The zero-order valence-electron chi connectivity index (χ0n) is 14.6. The average molecular weight is 369 g/mol. The van der Waals surface area contributed by atoms with Gasteiger partial charge in [0.1, 0.15) is 11.7 Å². The number of fused-ring (bicyclic) bond motifs is 1. The Balaban J connectivity index is 1.93. The van der Waals surface area contributed by atoms with Crippen LogP contribution >= 0.6 is 11.6 Å². The van der Waals surface area contributed by atoms with Crippen LogP contribution in [0.25, 0.3) is 0 Å². The monoisotopic (exact) mass is 368 g/mol. The maximum absolute atomic E-state index is 13.2. The third-order valence-corrected chi connectivity index (χ3v) is 4.99. The number of halogens is 1. The summed E-state index contributed by atoms with van der Waals surface area (Å²) in [5, 5.41) is 7.91. The summed E-state index contributed by atoms with van der Waals surface area (Å²) < 4.78 is 1.49. The number of anilines is 1. The van der Waals surface area contributed by atoms with E-state index >= 15 is 0 Å². The third kappa shape index (κ3) is 2.37. The third-order valence-electron chi connectivity index (χ3n) is 4.74. The maximum atomic E-state index is 13.2. The number of aryl methyl sites for hydroxylation is 3. The van der Waals surface area contributed by atoms with E-state index in [0.717, 1.165) is 11.3 Å². The molecular weight excluding hydrogens is 352 g/mol. The smallest absolute Gasteiger partial charge is 0.263 e. The first-order valence-corrected chi connectivity index (χ1v) is 8.57. The fourth-order valence-electron chi connectivity index (χ4n) is 3.48. The van der Waals surface area contributed by atoms with Crippen molar-refractivity contribution >= 4 is 23.2 Å². The van der Waals surface area contributed by atoms with Gasteiger partial charge in [0.25, 0.3) is 11.5 Å². The number of hydrogen-bond acceptors (Lipinski definition) is 3. The van der Waals surface area contributed by atoms with E-state index in [-0.39, 0.29) is 17.5 Å². The van der Waals surface area contributed by atoms with Gasteiger partial charge in [0, 0.05) is 29.5 Å². The summed E-state index contributed by atoms with van der Waals surface area (Å²) in [6.07, 6.45) is 1.68. The summed E-state index contributed by atoms with van der Waals surface area (Å²) >= 11 is 6.02. The molecule has 1 atom stereocenters. The lowest BCUT2D eigenvalue weighted by Crippen LogP contribution is -2.31. The van der Waals surface area contributed by atoms with Gasteiger partial charge in [0.2, 0.25) is 0 Å². The summed E-state index contributed by atoms with van der Waals surface area (Å²) in [7, 11) is 1.68. The second kappa shape index (κ2) is 5.85. The van der Waals surface area contributed by atoms with Crippen molar-refractivity contribution < 1.29 is 4.79 Å². The van der Waals surface area contributed by atoms with Crippen LogP contribution in [0.1, 0.15) is 38.9 Å². The topological polar surface area (TPSA) is 71.0 Å². The van der Waals surface area contributed by atoms with Crippen molar-refractivity contribution in [2.45, 2.75) is 19.9 Å². The van der Waals surface area contributed by atoms with Crippen LogP contribution in [-0.2, 0) is 7.05 Å². The lowest BCUT2D eigenvalue weighted by molar-refractivity contribution is 0.0992. The van der Waals surface area contributed by atoms with Gasteiger partial charge in [-0.25, -0.2) is 0 Å². The first-order chi connectivity index (χ1) is 12.4. The first-order valence-electron chi connectivity index (χ1n) is 8.19. The van der Waals surface area contributed by atoms with Crippen molar-refractivity contribution in [3.63, 3.8) is 0 Å². The SMILES string of the molecule is Cc1[nH]nc2c1C(=O)N(c1cc(C)c(=O)n(C)c1)[C@@H]2c1ccc(Cl)cc1. The Morgan fingerprint density at radius 2 is 1.85 bits per heavy atom. The molecule has 4 rings (SSSR count). The molecule has 3 aromatic rings. The van der Waals surface area contributed by atoms with Gasteiger partial charge in [-0.15, -0.1) is 0 Å². The summed E-state index contributed by atoms with van der Waals surface area (Å²) in [4.78, 5) is 26.9. The molecule has 0 saturated carbocycles. The molecule has 0 bridgehead atoms. The van der Waals surface area contributed by atoms with E-state index in [1.54, 1.807) is 43.3 Å². The van der Waals surface area contributed by atoms with E-state index in [4.69, 9.17) is 11.6 Å². The van der Waals surface area contributed by atoms with Crippen LogP contribution in [0.5, 0.6) is 0 Å². The minimum atomic E-state index is -0.378. The Morgan fingerprint density at radius 3 is 2.50 bits per heavy atom. The molecule has 0 aliphatic carbocycles. The number of carbonyl (C=O) groups excluding carboxylic acids is 1. The number of rotatable bonds is 2. The van der Waals surface area contributed by atoms with E-state index < -0.39 is 0 Å². The molecule has 0 unspecified atom stereocenters. The molecule has 3 heterocycles. The Bertz CT molecular complexity index is 1060. The minimum absolute atomic E-state index is 0.0852. The van der Waals surface area contributed by atoms with Crippen LogP contribution in [0.3, 0.4) is 0 Å². The molecule has 132 valence electrons. The minimum Gasteiger partial charge on any atom is -0.316 e. The molecule has 2 aromatic heterocycles. The number of aromatic amines is 1. The molecule has 1 aliphatic heterocycles. The van der Waals surface area contributed by atoms with Crippen LogP contribution in [-0.4, -0.2) is 20.7 Å². The Labute approximate surface area is 155 Å². The number of aromatic nitrogens is 3. The standard InChI is InChI=1S/C19H17ClN4O2/c1-10-8-14(9-23(3)18(10)25)24-17(12-4-6-13(20)7-5-12)16-15(19(24)26)11(2)21-22-16/h4-9,17H,1-3H3,(H,21,22)/t17-/m1/s1. The molecule has 7 heteroatoms. The normalized spacial score (nSPS) is 16.2. The molecule has 0 fully saturated rings. The summed E-state index contributed by atoms with van der Waals surface area (Å²) in [5.41, 5.74) is 4.05. The second-order valence-electron chi connectivity index (χ2n) is 6.54. The highest BCUT2D eigenvalue weighted by Gasteiger charge is 2.42. The van der Waals surface area contributed by atoms with Crippen molar-refractivity contribution in [2.24, 2.45) is 7.05 Å². The van der Waals surface area contributed by atoms with Crippen LogP contribution in [0.2, 0.25) is 5.02 Å². The number of nitrogens with one attached hydrogen (secondary N) is 1. The maximum Gasteiger partial charge on any atom is 0.263 e. The first kappa shape index (κ1) is 16.6. The Kier molecular flexibility index (Phi) is 3.73. The van der Waals surface area contributed by atoms with Gasteiger partial charge in [-0.05, 0) is 37.6 Å². The molecule has 0 radical (unpaired) electrons. The van der Waals surface area contributed by atoms with Crippen LogP contribution in [0, 0.1) is 13.8 Å². The molecular formula is C19H17ClN4O2. The summed E-state index contributed by atoms with van der Waals surface area (Å²) in [6, 6.07) is 8.74. The van der Waals surface area contributed by atoms with Crippen molar-refractivity contribution in [1.82, 2.24) is 14.8 Å².